The fraction of sp³-hybridized carbons (Fsp3) is 0.476. The van der Waals surface area contributed by atoms with Crippen molar-refractivity contribution in [1.82, 2.24) is 0 Å². The highest BCUT2D eigenvalue weighted by Crippen LogP contribution is 2.33. The van der Waals surface area contributed by atoms with E-state index in [4.69, 9.17) is 33.2 Å². The van der Waals surface area contributed by atoms with E-state index in [0.717, 1.165) is 27.9 Å². The van der Waals surface area contributed by atoms with Gasteiger partial charge in [0.05, 0.1) is 7.11 Å². The minimum Gasteiger partial charge on any atom is -0.467 e. The highest BCUT2D eigenvalue weighted by molar-refractivity contribution is 14.1. The van der Waals surface area contributed by atoms with E-state index in [-0.39, 0.29) is 11.5 Å². The second kappa shape index (κ2) is 12.0. The molecule has 34 heavy (non-hydrogen) atoms. The summed E-state index contributed by atoms with van der Waals surface area (Å²) in [5, 5.41) is 0. The first-order valence-electron chi connectivity index (χ1n) is 9.81. The normalized spacial score (nSPS) is 23.8. The molecule has 2 rings (SSSR count). The molecule has 0 aliphatic carbocycles. The Bertz CT molecular complexity index is 961. The van der Waals surface area contributed by atoms with Gasteiger partial charge in [-0.2, -0.15) is 0 Å². The van der Waals surface area contributed by atoms with Crippen LogP contribution < -0.4 is 9.47 Å². The number of halogens is 1. The van der Waals surface area contributed by atoms with Crippen molar-refractivity contribution >= 4 is 52.4 Å². The standard InChI is InChI=1S/C21H23IO12/c1-9(23)29-14-6-13(22)7-15(8-14)33-21-19(32-12(4)26)17(31-11(3)25)16(30-10(2)24)18(34-21)20(27)28-5/h6-8,16-19,21H,1-5H3. The number of carbonyl (C=O) groups is 5. The number of benzene rings is 1. The summed E-state index contributed by atoms with van der Waals surface area (Å²) < 4.78 is 37.7. The van der Waals surface area contributed by atoms with Gasteiger partial charge in [0.2, 0.25) is 12.4 Å². The van der Waals surface area contributed by atoms with Gasteiger partial charge >= 0.3 is 29.8 Å². The molecule has 1 aliphatic heterocycles. The molecule has 0 saturated carbocycles. The Balaban J connectivity index is 2.53. The molecule has 0 spiro atoms. The van der Waals surface area contributed by atoms with Crippen LogP contribution in [0.2, 0.25) is 0 Å². The Hall–Kier alpha value is -2.94. The van der Waals surface area contributed by atoms with E-state index in [1.165, 1.54) is 13.0 Å². The minimum atomic E-state index is -1.59. The smallest absolute Gasteiger partial charge is 0.339 e. The zero-order valence-corrected chi connectivity index (χ0v) is 21.1. The molecule has 0 N–H and O–H groups in total. The molecule has 13 heteroatoms. The Labute approximate surface area is 208 Å². The second-order valence-electron chi connectivity index (χ2n) is 7.00. The van der Waals surface area contributed by atoms with E-state index in [2.05, 4.69) is 0 Å². The zero-order chi connectivity index (χ0) is 25.6. The molecule has 1 aromatic carbocycles. The van der Waals surface area contributed by atoms with Crippen LogP contribution in [0.25, 0.3) is 0 Å². The molecule has 12 nitrogen and oxygen atoms in total. The number of rotatable bonds is 7. The summed E-state index contributed by atoms with van der Waals surface area (Å²) in [6.45, 7) is 4.48. The van der Waals surface area contributed by atoms with Crippen LogP contribution in [-0.2, 0) is 47.7 Å². The number of methoxy groups -OCH3 is 1. The van der Waals surface area contributed by atoms with Crippen LogP contribution in [0.3, 0.4) is 0 Å². The van der Waals surface area contributed by atoms with Crippen LogP contribution in [-0.4, -0.2) is 67.7 Å². The maximum absolute atomic E-state index is 12.4. The molecule has 5 unspecified atom stereocenters. The number of esters is 5. The van der Waals surface area contributed by atoms with Gasteiger partial charge in [-0.1, -0.05) is 0 Å². The van der Waals surface area contributed by atoms with E-state index in [9.17, 15) is 24.0 Å². The monoisotopic (exact) mass is 594 g/mol. The highest BCUT2D eigenvalue weighted by Gasteiger charge is 2.55. The molecular formula is C21H23IO12. The molecule has 186 valence electrons. The average molecular weight is 594 g/mol. The lowest BCUT2D eigenvalue weighted by molar-refractivity contribution is -0.282. The van der Waals surface area contributed by atoms with Crippen molar-refractivity contribution in [2.45, 2.75) is 58.4 Å². The number of hydrogen-bond donors (Lipinski definition) is 0. The van der Waals surface area contributed by atoms with Gasteiger partial charge in [-0.15, -0.1) is 0 Å². The van der Waals surface area contributed by atoms with Crippen LogP contribution in [0.5, 0.6) is 11.5 Å². The third kappa shape index (κ3) is 7.55. The quantitative estimate of drug-likeness (QED) is 0.194. The maximum atomic E-state index is 12.4. The molecule has 1 aromatic rings. The third-order valence-electron chi connectivity index (χ3n) is 4.19. The largest absolute Gasteiger partial charge is 0.467 e. The predicted octanol–water partition coefficient (Wildman–Crippen LogP) is 1.29. The van der Waals surface area contributed by atoms with Crippen LogP contribution in [0.4, 0.5) is 0 Å². The van der Waals surface area contributed by atoms with Crippen LogP contribution >= 0.6 is 22.6 Å². The van der Waals surface area contributed by atoms with E-state index in [0.29, 0.717) is 3.57 Å². The maximum Gasteiger partial charge on any atom is 0.339 e. The van der Waals surface area contributed by atoms with Gasteiger partial charge in [-0.25, -0.2) is 4.79 Å². The van der Waals surface area contributed by atoms with E-state index in [1.807, 2.05) is 22.6 Å². The first-order chi connectivity index (χ1) is 15.9. The van der Waals surface area contributed by atoms with Gasteiger partial charge in [0.25, 0.3) is 0 Å². The van der Waals surface area contributed by atoms with Crippen molar-refractivity contribution in [1.29, 1.82) is 0 Å². The van der Waals surface area contributed by atoms with E-state index in [1.54, 1.807) is 12.1 Å². The molecule has 0 radical (unpaired) electrons. The third-order valence-corrected chi connectivity index (χ3v) is 4.82. The Morgan fingerprint density at radius 3 is 1.82 bits per heavy atom. The molecular weight excluding hydrogens is 571 g/mol. The number of ether oxygens (including phenoxy) is 7. The molecule has 0 amide bonds. The van der Waals surface area contributed by atoms with Crippen molar-refractivity contribution in [3.8, 4) is 11.5 Å². The molecule has 0 aromatic heterocycles. The SMILES string of the molecule is COC(=O)C1OC(Oc2cc(I)cc(OC(C)=O)c2)C(OC(C)=O)C(OC(C)=O)C1OC(C)=O. The molecule has 1 fully saturated rings. The topological polar surface area (TPSA) is 150 Å². The average Bonchev–Trinajstić information content (AvgIpc) is 2.69. The van der Waals surface area contributed by atoms with E-state index < -0.39 is 60.6 Å². The summed E-state index contributed by atoms with van der Waals surface area (Å²) in [6, 6.07) is 4.48. The Morgan fingerprint density at radius 1 is 0.765 bits per heavy atom. The van der Waals surface area contributed by atoms with Gasteiger partial charge in [0.15, 0.2) is 18.3 Å². The summed E-state index contributed by atoms with van der Waals surface area (Å²) in [6.07, 6.45) is -7.56. The molecule has 1 heterocycles. The van der Waals surface area contributed by atoms with Crippen molar-refractivity contribution in [2.24, 2.45) is 0 Å². The van der Waals surface area contributed by atoms with Crippen LogP contribution in [0, 0.1) is 3.57 Å². The van der Waals surface area contributed by atoms with Crippen molar-refractivity contribution < 1.29 is 57.1 Å². The Morgan fingerprint density at radius 2 is 1.29 bits per heavy atom. The summed E-state index contributed by atoms with van der Waals surface area (Å²) in [7, 11) is 1.08. The van der Waals surface area contributed by atoms with Gasteiger partial charge in [-0.05, 0) is 34.7 Å². The lowest BCUT2D eigenvalue weighted by Gasteiger charge is -2.43. The molecule has 0 bridgehead atoms. The first-order valence-corrected chi connectivity index (χ1v) is 10.9. The summed E-state index contributed by atoms with van der Waals surface area (Å²) in [4.78, 5) is 59.2. The lowest BCUT2D eigenvalue weighted by atomic mass is 9.97. The molecule has 1 aliphatic rings. The van der Waals surface area contributed by atoms with Crippen LogP contribution in [0.15, 0.2) is 18.2 Å². The van der Waals surface area contributed by atoms with Crippen LogP contribution in [0.1, 0.15) is 27.7 Å². The van der Waals surface area contributed by atoms with Crippen molar-refractivity contribution in [2.75, 3.05) is 7.11 Å². The van der Waals surface area contributed by atoms with Crippen molar-refractivity contribution in [3.05, 3.63) is 21.8 Å². The van der Waals surface area contributed by atoms with Crippen molar-refractivity contribution in [3.63, 3.8) is 0 Å². The van der Waals surface area contributed by atoms with Gasteiger partial charge < -0.3 is 33.2 Å². The molecule has 1 saturated heterocycles. The van der Waals surface area contributed by atoms with Gasteiger partial charge in [-0.3, -0.25) is 19.2 Å². The van der Waals surface area contributed by atoms with Gasteiger partial charge in [0.1, 0.15) is 11.5 Å². The van der Waals surface area contributed by atoms with E-state index >= 15 is 0 Å². The predicted molar refractivity (Wildman–Crippen MR) is 118 cm³/mol. The first kappa shape index (κ1) is 27.3. The summed E-state index contributed by atoms with van der Waals surface area (Å²) >= 11 is 1.96. The lowest BCUT2D eigenvalue weighted by Crippen LogP contribution is -2.64. The number of hydrogen-bond acceptors (Lipinski definition) is 12. The molecule has 5 atom stereocenters. The summed E-state index contributed by atoms with van der Waals surface area (Å²) in [5.74, 6) is -3.67. The fourth-order valence-corrected chi connectivity index (χ4v) is 3.75. The second-order valence-corrected chi connectivity index (χ2v) is 8.25. The Kier molecular flexibility index (Phi) is 9.61. The number of carbonyl (C=O) groups excluding carboxylic acids is 5. The minimum absolute atomic E-state index is 0.112. The highest BCUT2D eigenvalue weighted by atomic mass is 127. The fourth-order valence-electron chi connectivity index (χ4n) is 3.14. The van der Waals surface area contributed by atoms with Gasteiger partial charge in [0, 0.05) is 37.3 Å². The summed E-state index contributed by atoms with van der Waals surface area (Å²) in [5.41, 5.74) is 0. The zero-order valence-electron chi connectivity index (χ0n) is 18.9.